The molecule has 1 saturated carbocycles. The quantitative estimate of drug-likeness (QED) is 0.683. The van der Waals surface area contributed by atoms with Gasteiger partial charge in [-0.05, 0) is 30.5 Å². The number of aliphatic hydroxyl groups excluding tert-OH is 1. The van der Waals surface area contributed by atoms with Crippen molar-refractivity contribution in [2.24, 2.45) is 0 Å². The predicted octanol–water partition coefficient (Wildman–Crippen LogP) is 2.70. The molecule has 1 fully saturated rings. The molecular formula is C15H15F4NO. The lowest BCUT2D eigenvalue weighted by Gasteiger charge is -2.24. The third-order valence-electron chi connectivity index (χ3n) is 3.19. The molecule has 0 atom stereocenters. The first-order valence-corrected chi connectivity index (χ1v) is 6.58. The highest BCUT2D eigenvalue weighted by molar-refractivity contribution is 5.41. The third kappa shape index (κ3) is 5.03. The van der Waals surface area contributed by atoms with Crippen LogP contribution >= 0.6 is 0 Å². The van der Waals surface area contributed by atoms with Gasteiger partial charge in [0.2, 0.25) is 0 Å². The molecule has 0 unspecified atom stereocenters. The van der Waals surface area contributed by atoms with E-state index in [1.807, 2.05) is 0 Å². The lowest BCUT2D eigenvalue weighted by molar-refractivity contribution is -0.148. The first-order chi connectivity index (χ1) is 9.89. The Balaban J connectivity index is 2.20. The average molecular weight is 301 g/mol. The first-order valence-electron chi connectivity index (χ1n) is 6.58. The zero-order chi connectivity index (χ0) is 15.5. The number of benzene rings is 1. The maximum atomic E-state index is 13.2. The fourth-order valence-corrected chi connectivity index (χ4v) is 2.14. The van der Waals surface area contributed by atoms with Gasteiger partial charge in [0.15, 0.2) is 0 Å². The molecule has 0 spiro atoms. The molecule has 0 bridgehead atoms. The van der Waals surface area contributed by atoms with Crippen molar-refractivity contribution in [2.75, 3.05) is 13.2 Å². The van der Waals surface area contributed by atoms with E-state index in [-0.39, 0.29) is 19.2 Å². The monoisotopic (exact) mass is 301 g/mol. The van der Waals surface area contributed by atoms with Gasteiger partial charge < -0.3 is 5.11 Å². The van der Waals surface area contributed by atoms with E-state index in [9.17, 15) is 17.6 Å². The van der Waals surface area contributed by atoms with Crippen molar-refractivity contribution in [1.82, 2.24) is 4.90 Å². The van der Waals surface area contributed by atoms with Crippen molar-refractivity contribution in [3.8, 4) is 11.8 Å². The van der Waals surface area contributed by atoms with Crippen LogP contribution in [0.2, 0.25) is 0 Å². The molecule has 0 heterocycles. The number of alkyl halides is 3. The Morgan fingerprint density at radius 1 is 1.29 bits per heavy atom. The van der Waals surface area contributed by atoms with Crippen LogP contribution in [0.4, 0.5) is 17.6 Å². The van der Waals surface area contributed by atoms with Gasteiger partial charge in [-0.3, -0.25) is 4.90 Å². The van der Waals surface area contributed by atoms with Gasteiger partial charge in [0.05, 0.1) is 6.54 Å². The number of halogens is 4. The largest absolute Gasteiger partial charge is 0.401 e. The molecular weight excluding hydrogens is 286 g/mol. The maximum absolute atomic E-state index is 13.2. The van der Waals surface area contributed by atoms with Gasteiger partial charge in [-0.2, -0.15) is 13.2 Å². The van der Waals surface area contributed by atoms with E-state index in [1.165, 1.54) is 23.1 Å². The van der Waals surface area contributed by atoms with Crippen molar-refractivity contribution in [3.05, 3.63) is 35.1 Å². The molecule has 0 aromatic heterocycles. The summed E-state index contributed by atoms with van der Waals surface area (Å²) in [6.07, 6.45) is -2.77. The van der Waals surface area contributed by atoms with Gasteiger partial charge in [0, 0.05) is 18.2 Å². The molecule has 1 aliphatic carbocycles. The summed E-state index contributed by atoms with van der Waals surface area (Å²) in [6.45, 7) is -1.30. The van der Waals surface area contributed by atoms with E-state index < -0.39 is 18.5 Å². The van der Waals surface area contributed by atoms with Crippen LogP contribution in [0, 0.1) is 17.7 Å². The molecule has 0 radical (unpaired) electrons. The van der Waals surface area contributed by atoms with Crippen LogP contribution in [-0.4, -0.2) is 35.4 Å². The molecule has 114 valence electrons. The highest BCUT2D eigenvalue weighted by atomic mass is 19.4. The second-order valence-corrected chi connectivity index (χ2v) is 5.01. The minimum Gasteiger partial charge on any atom is -0.384 e. The zero-order valence-corrected chi connectivity index (χ0v) is 11.3. The minimum atomic E-state index is -4.26. The van der Waals surface area contributed by atoms with Gasteiger partial charge in [0.1, 0.15) is 12.4 Å². The van der Waals surface area contributed by atoms with Crippen LogP contribution in [0.3, 0.4) is 0 Å². The smallest absolute Gasteiger partial charge is 0.384 e. The van der Waals surface area contributed by atoms with E-state index in [4.69, 9.17) is 5.11 Å². The topological polar surface area (TPSA) is 23.5 Å². The van der Waals surface area contributed by atoms with Crippen molar-refractivity contribution in [1.29, 1.82) is 0 Å². The summed E-state index contributed by atoms with van der Waals surface area (Å²) >= 11 is 0. The Kier molecular flexibility index (Phi) is 4.86. The summed E-state index contributed by atoms with van der Waals surface area (Å²) in [4.78, 5) is 1.34. The normalized spacial score (nSPS) is 15.0. The fraction of sp³-hybridized carbons (Fsp3) is 0.467. The van der Waals surface area contributed by atoms with Crippen molar-refractivity contribution in [3.63, 3.8) is 0 Å². The minimum absolute atomic E-state index is 0.0693. The van der Waals surface area contributed by atoms with Crippen molar-refractivity contribution < 1.29 is 22.7 Å². The summed E-state index contributed by atoms with van der Waals surface area (Å²) in [5.41, 5.74) is 0.852. The van der Waals surface area contributed by atoms with E-state index in [0.29, 0.717) is 11.1 Å². The zero-order valence-electron chi connectivity index (χ0n) is 11.3. The lowest BCUT2D eigenvalue weighted by atomic mass is 10.1. The molecule has 2 rings (SSSR count). The Bertz CT molecular complexity index is 555. The van der Waals surface area contributed by atoms with Gasteiger partial charge >= 0.3 is 6.18 Å². The average Bonchev–Trinajstić information content (AvgIpc) is 3.20. The van der Waals surface area contributed by atoms with Crippen LogP contribution < -0.4 is 0 Å². The Morgan fingerprint density at radius 2 is 2.00 bits per heavy atom. The molecule has 0 aliphatic heterocycles. The highest BCUT2D eigenvalue weighted by Crippen LogP contribution is 2.31. The number of hydrogen-bond acceptors (Lipinski definition) is 2. The molecule has 1 N–H and O–H groups in total. The Morgan fingerprint density at radius 3 is 2.57 bits per heavy atom. The number of nitrogens with zero attached hydrogens (tertiary/aromatic N) is 1. The second kappa shape index (κ2) is 6.46. The van der Waals surface area contributed by atoms with E-state index in [0.717, 1.165) is 12.8 Å². The van der Waals surface area contributed by atoms with Crippen LogP contribution in [0.25, 0.3) is 0 Å². The van der Waals surface area contributed by atoms with Crippen molar-refractivity contribution >= 4 is 0 Å². The summed E-state index contributed by atoms with van der Waals surface area (Å²) in [6, 6.07) is 3.76. The van der Waals surface area contributed by atoms with E-state index in [1.54, 1.807) is 0 Å². The van der Waals surface area contributed by atoms with E-state index in [2.05, 4.69) is 11.8 Å². The summed E-state index contributed by atoms with van der Waals surface area (Å²) < 4.78 is 51.0. The molecule has 2 nitrogen and oxygen atoms in total. The predicted molar refractivity (Wildman–Crippen MR) is 69.9 cm³/mol. The van der Waals surface area contributed by atoms with Gasteiger partial charge in [0.25, 0.3) is 0 Å². The van der Waals surface area contributed by atoms with Gasteiger partial charge in [-0.1, -0.05) is 17.9 Å². The maximum Gasteiger partial charge on any atom is 0.401 e. The molecule has 1 aromatic carbocycles. The lowest BCUT2D eigenvalue weighted by Crippen LogP contribution is -2.35. The van der Waals surface area contributed by atoms with E-state index >= 15 is 0 Å². The first kappa shape index (κ1) is 15.8. The van der Waals surface area contributed by atoms with Crippen LogP contribution in [-0.2, 0) is 6.54 Å². The summed E-state index contributed by atoms with van der Waals surface area (Å²) in [7, 11) is 0. The van der Waals surface area contributed by atoms with Gasteiger partial charge in [-0.15, -0.1) is 0 Å². The molecule has 0 amide bonds. The Labute approximate surface area is 120 Å². The van der Waals surface area contributed by atoms with Crippen LogP contribution in [0.15, 0.2) is 18.2 Å². The van der Waals surface area contributed by atoms with Crippen LogP contribution in [0.5, 0.6) is 0 Å². The highest BCUT2D eigenvalue weighted by Gasteiger charge is 2.38. The molecule has 0 saturated heterocycles. The number of aliphatic hydroxyl groups is 1. The SMILES string of the molecule is OCC#Cc1cc(F)ccc1CN(CC(F)(F)F)C1CC1. The fourth-order valence-electron chi connectivity index (χ4n) is 2.14. The summed E-state index contributed by atoms with van der Waals surface area (Å²) in [5, 5.41) is 8.69. The van der Waals surface area contributed by atoms with Crippen molar-refractivity contribution in [2.45, 2.75) is 31.6 Å². The second-order valence-electron chi connectivity index (χ2n) is 5.01. The molecule has 6 heteroatoms. The molecule has 1 aliphatic rings. The van der Waals surface area contributed by atoms with Crippen LogP contribution in [0.1, 0.15) is 24.0 Å². The number of rotatable bonds is 4. The summed E-state index contributed by atoms with van der Waals surface area (Å²) in [5.74, 6) is 4.48. The Hall–Kier alpha value is -1.58. The van der Waals surface area contributed by atoms with Gasteiger partial charge in [-0.25, -0.2) is 4.39 Å². The molecule has 1 aromatic rings. The number of hydrogen-bond donors (Lipinski definition) is 1. The molecule has 21 heavy (non-hydrogen) atoms. The standard InChI is InChI=1S/C15H15F4NO/c16-13-4-3-12(11(8-13)2-1-7-21)9-20(14-5-6-14)10-15(17,18)19/h3-4,8,14,21H,5-7,9-10H2. The third-order valence-corrected chi connectivity index (χ3v) is 3.19.